The van der Waals surface area contributed by atoms with Crippen LogP contribution in [0.15, 0.2) is 42.5 Å². The molecule has 110 valence electrons. The van der Waals surface area contributed by atoms with Gasteiger partial charge in [-0.15, -0.1) is 0 Å². The van der Waals surface area contributed by atoms with Gasteiger partial charge in [0.05, 0.1) is 10.0 Å². The average molecular weight is 323 g/mol. The van der Waals surface area contributed by atoms with E-state index in [9.17, 15) is 4.79 Å². The van der Waals surface area contributed by atoms with Crippen LogP contribution in [0.2, 0.25) is 10.0 Å². The summed E-state index contributed by atoms with van der Waals surface area (Å²) in [5.41, 5.74) is 3.06. The summed E-state index contributed by atoms with van der Waals surface area (Å²) in [6, 6.07) is 12.8. The van der Waals surface area contributed by atoms with Crippen molar-refractivity contribution in [2.45, 2.75) is 13.3 Å². The quantitative estimate of drug-likeness (QED) is 0.844. The lowest BCUT2D eigenvalue weighted by Crippen LogP contribution is -2.30. The van der Waals surface area contributed by atoms with Gasteiger partial charge in [0.1, 0.15) is 0 Å². The number of benzene rings is 2. The SMILES string of the molecule is Cc1ccccc1CCNC(=O)Nc1ccc(Cl)c(Cl)c1. The Balaban J connectivity index is 1.82. The normalized spacial score (nSPS) is 10.2. The highest BCUT2D eigenvalue weighted by atomic mass is 35.5. The highest BCUT2D eigenvalue weighted by Gasteiger charge is 2.04. The monoisotopic (exact) mass is 322 g/mol. The molecule has 3 nitrogen and oxygen atoms in total. The van der Waals surface area contributed by atoms with Crippen LogP contribution in [0.3, 0.4) is 0 Å². The van der Waals surface area contributed by atoms with E-state index in [0.717, 1.165) is 6.42 Å². The van der Waals surface area contributed by atoms with Crippen molar-refractivity contribution in [2.75, 3.05) is 11.9 Å². The third-order valence-electron chi connectivity index (χ3n) is 3.12. The lowest BCUT2D eigenvalue weighted by Gasteiger charge is -2.09. The van der Waals surface area contributed by atoms with Crippen LogP contribution in [0, 0.1) is 6.92 Å². The van der Waals surface area contributed by atoms with Gasteiger partial charge in [-0.2, -0.15) is 0 Å². The molecule has 2 amide bonds. The second kappa shape index (κ2) is 7.34. The summed E-state index contributed by atoms with van der Waals surface area (Å²) in [5, 5.41) is 6.40. The molecule has 0 spiro atoms. The van der Waals surface area contributed by atoms with Gasteiger partial charge in [-0.1, -0.05) is 47.5 Å². The van der Waals surface area contributed by atoms with E-state index in [-0.39, 0.29) is 6.03 Å². The zero-order valence-corrected chi connectivity index (χ0v) is 13.1. The number of nitrogens with one attached hydrogen (secondary N) is 2. The van der Waals surface area contributed by atoms with Crippen LogP contribution < -0.4 is 10.6 Å². The Morgan fingerprint density at radius 2 is 1.86 bits per heavy atom. The Morgan fingerprint density at radius 3 is 2.57 bits per heavy atom. The molecule has 5 heteroatoms. The number of anilines is 1. The first-order valence-corrected chi connectivity index (χ1v) is 7.36. The minimum atomic E-state index is -0.262. The number of carbonyl (C=O) groups excluding carboxylic acids is 1. The van der Waals surface area contributed by atoms with Crippen molar-refractivity contribution in [2.24, 2.45) is 0 Å². The summed E-state index contributed by atoms with van der Waals surface area (Å²) in [4.78, 5) is 11.8. The molecule has 0 aromatic heterocycles. The van der Waals surface area contributed by atoms with Gasteiger partial charge in [-0.25, -0.2) is 4.79 Å². The summed E-state index contributed by atoms with van der Waals surface area (Å²) >= 11 is 11.7. The summed E-state index contributed by atoms with van der Waals surface area (Å²) < 4.78 is 0. The summed E-state index contributed by atoms with van der Waals surface area (Å²) in [6.45, 7) is 2.63. The first-order chi connectivity index (χ1) is 10.1. The van der Waals surface area contributed by atoms with Gasteiger partial charge in [-0.3, -0.25) is 0 Å². The highest BCUT2D eigenvalue weighted by Crippen LogP contribution is 2.24. The fraction of sp³-hybridized carbons (Fsp3) is 0.188. The van der Waals surface area contributed by atoms with Gasteiger partial charge in [0.2, 0.25) is 0 Å². The maximum atomic E-state index is 11.8. The number of halogens is 2. The fourth-order valence-corrected chi connectivity index (χ4v) is 2.25. The van der Waals surface area contributed by atoms with Gasteiger partial charge in [-0.05, 0) is 42.7 Å². The van der Waals surface area contributed by atoms with E-state index >= 15 is 0 Å². The third kappa shape index (κ3) is 4.66. The van der Waals surface area contributed by atoms with E-state index in [4.69, 9.17) is 23.2 Å². The molecule has 0 unspecified atom stereocenters. The molecule has 0 saturated heterocycles. The Kier molecular flexibility index (Phi) is 5.48. The number of rotatable bonds is 4. The minimum Gasteiger partial charge on any atom is -0.338 e. The second-order valence-corrected chi connectivity index (χ2v) is 5.50. The molecule has 0 atom stereocenters. The largest absolute Gasteiger partial charge is 0.338 e. The fourth-order valence-electron chi connectivity index (χ4n) is 1.95. The van der Waals surface area contributed by atoms with Crippen molar-refractivity contribution in [3.8, 4) is 0 Å². The summed E-state index contributed by atoms with van der Waals surface area (Å²) in [6.07, 6.45) is 0.793. The average Bonchev–Trinajstić information content (AvgIpc) is 2.45. The Hall–Kier alpha value is -1.71. The van der Waals surface area contributed by atoms with Gasteiger partial charge in [0.25, 0.3) is 0 Å². The van der Waals surface area contributed by atoms with Crippen molar-refractivity contribution in [3.05, 3.63) is 63.6 Å². The molecule has 0 heterocycles. The Bertz CT molecular complexity index is 644. The molecule has 2 rings (SSSR count). The molecule has 2 aromatic rings. The maximum Gasteiger partial charge on any atom is 0.319 e. The first kappa shape index (κ1) is 15.7. The van der Waals surface area contributed by atoms with Crippen LogP contribution >= 0.6 is 23.2 Å². The minimum absolute atomic E-state index is 0.262. The lowest BCUT2D eigenvalue weighted by molar-refractivity contribution is 0.252. The standard InChI is InChI=1S/C16H16Cl2N2O/c1-11-4-2-3-5-12(11)8-9-19-16(21)20-13-6-7-14(17)15(18)10-13/h2-7,10H,8-9H2,1H3,(H2,19,20,21). The number of hydrogen-bond donors (Lipinski definition) is 2. The molecule has 2 N–H and O–H groups in total. The van der Waals surface area contributed by atoms with Crippen LogP contribution in [0.4, 0.5) is 10.5 Å². The number of carbonyl (C=O) groups is 1. The third-order valence-corrected chi connectivity index (χ3v) is 3.86. The topological polar surface area (TPSA) is 41.1 Å². The van der Waals surface area contributed by atoms with Crippen LogP contribution in [0.1, 0.15) is 11.1 Å². The summed E-state index contributed by atoms with van der Waals surface area (Å²) in [7, 11) is 0. The van der Waals surface area contributed by atoms with Gasteiger partial charge in [0.15, 0.2) is 0 Å². The molecule has 0 saturated carbocycles. The number of amides is 2. The predicted octanol–water partition coefficient (Wildman–Crippen LogP) is 4.67. The van der Waals surface area contributed by atoms with E-state index in [0.29, 0.717) is 22.3 Å². The first-order valence-electron chi connectivity index (χ1n) is 6.60. The van der Waals surface area contributed by atoms with E-state index in [1.165, 1.54) is 11.1 Å². The molecule has 0 fully saturated rings. The van der Waals surface area contributed by atoms with Crippen LogP contribution in [0.25, 0.3) is 0 Å². The van der Waals surface area contributed by atoms with Crippen molar-refractivity contribution in [3.63, 3.8) is 0 Å². The molecule has 0 radical (unpaired) electrons. The maximum absolute atomic E-state index is 11.8. The van der Waals surface area contributed by atoms with Gasteiger partial charge >= 0.3 is 6.03 Å². The molecular weight excluding hydrogens is 307 g/mol. The van der Waals surface area contributed by atoms with Crippen LogP contribution in [0.5, 0.6) is 0 Å². The van der Waals surface area contributed by atoms with Gasteiger partial charge < -0.3 is 10.6 Å². The molecular formula is C16H16Cl2N2O. The predicted molar refractivity (Wildman–Crippen MR) is 88.4 cm³/mol. The van der Waals surface area contributed by atoms with Gasteiger partial charge in [0, 0.05) is 12.2 Å². The molecule has 0 aliphatic heterocycles. The van der Waals surface area contributed by atoms with Crippen LogP contribution in [-0.4, -0.2) is 12.6 Å². The van der Waals surface area contributed by atoms with Crippen molar-refractivity contribution >= 4 is 34.9 Å². The Labute approximate surface area is 134 Å². The molecule has 0 aliphatic carbocycles. The highest BCUT2D eigenvalue weighted by molar-refractivity contribution is 6.42. The lowest BCUT2D eigenvalue weighted by atomic mass is 10.1. The molecule has 21 heavy (non-hydrogen) atoms. The molecule has 0 bridgehead atoms. The zero-order chi connectivity index (χ0) is 15.2. The molecule has 0 aliphatic rings. The van der Waals surface area contributed by atoms with Crippen molar-refractivity contribution in [1.82, 2.24) is 5.32 Å². The van der Waals surface area contributed by atoms with Crippen molar-refractivity contribution < 1.29 is 4.79 Å². The van der Waals surface area contributed by atoms with E-state index in [2.05, 4.69) is 29.7 Å². The van der Waals surface area contributed by atoms with E-state index in [1.807, 2.05) is 12.1 Å². The number of urea groups is 1. The smallest absolute Gasteiger partial charge is 0.319 e. The van der Waals surface area contributed by atoms with Crippen LogP contribution in [-0.2, 0) is 6.42 Å². The molecule has 2 aromatic carbocycles. The Morgan fingerprint density at radius 1 is 1.10 bits per heavy atom. The summed E-state index contributed by atoms with van der Waals surface area (Å²) in [5.74, 6) is 0. The van der Waals surface area contributed by atoms with E-state index in [1.54, 1.807) is 18.2 Å². The number of hydrogen-bond acceptors (Lipinski definition) is 1. The zero-order valence-electron chi connectivity index (χ0n) is 11.6. The number of aryl methyl sites for hydroxylation is 1. The second-order valence-electron chi connectivity index (χ2n) is 4.69. The van der Waals surface area contributed by atoms with E-state index < -0.39 is 0 Å². The van der Waals surface area contributed by atoms with Crippen molar-refractivity contribution in [1.29, 1.82) is 0 Å².